The molecule has 2 aliphatic rings. The van der Waals surface area contributed by atoms with E-state index in [2.05, 4.69) is 0 Å². The molecule has 18 nitrogen and oxygen atoms in total. The quantitative estimate of drug-likeness (QED) is 0.223. The van der Waals surface area contributed by atoms with Gasteiger partial charge in [0.05, 0.1) is 20.3 Å². The van der Waals surface area contributed by atoms with Crippen LogP contribution in [0.25, 0.3) is 10.8 Å². The van der Waals surface area contributed by atoms with Crippen LogP contribution < -0.4 is 9.47 Å². The number of rotatable bonds is 12. The van der Waals surface area contributed by atoms with Crippen molar-refractivity contribution in [3.05, 3.63) is 35.4 Å². The second-order valence-corrected chi connectivity index (χ2v) is 13.1. The number of hydrogen-bond acceptors (Lipinski definition) is 18. The lowest BCUT2D eigenvalue weighted by molar-refractivity contribution is -0.254. The predicted octanol–water partition coefficient (Wildman–Crippen LogP) is 2.91. The predicted molar refractivity (Wildman–Crippen MR) is 188 cm³/mol. The number of esters is 7. The zero-order valence-electron chi connectivity index (χ0n) is 32.6. The van der Waals surface area contributed by atoms with Gasteiger partial charge >= 0.3 is 41.8 Å². The Morgan fingerprint density at radius 1 is 0.482 bits per heavy atom. The van der Waals surface area contributed by atoms with Gasteiger partial charge in [-0.2, -0.15) is 0 Å². The molecular weight excluding hydrogens is 744 g/mol. The first-order valence-corrected chi connectivity index (χ1v) is 17.5. The van der Waals surface area contributed by atoms with E-state index in [0.717, 1.165) is 41.5 Å². The maximum Gasteiger partial charge on any atom is 0.303 e. The number of carbonyl (C=O) groups excluding carboxylic acids is 7. The van der Waals surface area contributed by atoms with Gasteiger partial charge in [-0.1, -0.05) is 12.1 Å². The van der Waals surface area contributed by atoms with Crippen LogP contribution >= 0.6 is 0 Å². The first-order valence-electron chi connectivity index (χ1n) is 17.5. The van der Waals surface area contributed by atoms with E-state index in [1.807, 2.05) is 0 Å². The molecular formula is C38H46O18. The fourth-order valence-corrected chi connectivity index (χ4v) is 7.06. The summed E-state index contributed by atoms with van der Waals surface area (Å²) in [6.45, 7) is 9.08. The van der Waals surface area contributed by atoms with Gasteiger partial charge < -0.3 is 52.1 Å². The van der Waals surface area contributed by atoms with E-state index in [-0.39, 0.29) is 22.6 Å². The molecule has 56 heavy (non-hydrogen) atoms. The average molecular weight is 791 g/mol. The monoisotopic (exact) mass is 790 g/mol. The highest BCUT2D eigenvalue weighted by atomic mass is 16.7. The minimum atomic E-state index is -1.49. The molecule has 10 atom stereocenters. The lowest BCUT2D eigenvalue weighted by atomic mass is 9.84. The number of fused-ring (bicyclic) bond motifs is 1. The molecule has 2 aliphatic heterocycles. The van der Waals surface area contributed by atoms with Crippen LogP contribution in [0.3, 0.4) is 0 Å². The number of benzene rings is 2. The molecule has 0 aromatic heterocycles. The van der Waals surface area contributed by atoms with Gasteiger partial charge in [-0.15, -0.1) is 0 Å². The topological polar surface area (TPSA) is 221 Å². The van der Waals surface area contributed by atoms with Crippen molar-refractivity contribution in [3.63, 3.8) is 0 Å². The van der Waals surface area contributed by atoms with Gasteiger partial charge in [-0.25, -0.2) is 0 Å². The number of ether oxygens (including phenoxy) is 11. The lowest BCUT2D eigenvalue weighted by Crippen LogP contribution is -2.59. The third-order valence-electron chi connectivity index (χ3n) is 8.88. The van der Waals surface area contributed by atoms with Crippen LogP contribution in [0, 0.1) is 0 Å². The number of carbonyl (C=O) groups is 7. The maximum atomic E-state index is 12.7. The normalized spacial score (nSPS) is 27.2. The molecule has 306 valence electrons. The van der Waals surface area contributed by atoms with Crippen molar-refractivity contribution >= 4 is 52.6 Å². The highest BCUT2D eigenvalue weighted by Crippen LogP contribution is 2.49. The smallest absolute Gasteiger partial charge is 0.303 e. The first kappa shape index (κ1) is 43.2. The summed E-state index contributed by atoms with van der Waals surface area (Å²) < 4.78 is 63.8. The zero-order valence-corrected chi connectivity index (χ0v) is 32.6. The molecule has 0 unspecified atom stereocenters. The molecule has 0 spiro atoms. The Hall–Kier alpha value is -5.49. The second kappa shape index (κ2) is 18.4. The van der Waals surface area contributed by atoms with E-state index in [1.165, 1.54) is 21.1 Å². The molecule has 0 amide bonds. The minimum absolute atomic E-state index is 0.191. The van der Waals surface area contributed by atoms with Crippen molar-refractivity contribution < 1.29 is 85.7 Å². The third kappa shape index (κ3) is 9.84. The van der Waals surface area contributed by atoms with Gasteiger partial charge in [-0.05, 0) is 29.8 Å². The summed E-state index contributed by atoms with van der Waals surface area (Å²) in [5, 5.41) is 0.750. The summed E-state index contributed by atoms with van der Waals surface area (Å²) >= 11 is 0. The molecule has 0 aliphatic carbocycles. The molecule has 0 radical (unpaired) electrons. The van der Waals surface area contributed by atoms with E-state index in [4.69, 9.17) is 52.1 Å². The van der Waals surface area contributed by atoms with Crippen LogP contribution in [0.2, 0.25) is 0 Å². The summed E-state index contributed by atoms with van der Waals surface area (Å²) in [5.74, 6) is -4.91. The summed E-state index contributed by atoms with van der Waals surface area (Å²) in [4.78, 5) is 86.7. The molecule has 2 heterocycles. The molecule has 2 aromatic rings. The Bertz CT molecular complexity index is 1840. The van der Waals surface area contributed by atoms with Crippen LogP contribution in [-0.2, 0) is 76.2 Å². The van der Waals surface area contributed by atoms with Crippen LogP contribution in [-0.4, -0.2) is 111 Å². The zero-order chi connectivity index (χ0) is 41.6. The van der Waals surface area contributed by atoms with Crippen molar-refractivity contribution in [3.8, 4) is 11.5 Å². The molecule has 0 saturated carbocycles. The Balaban J connectivity index is 2.05. The van der Waals surface area contributed by atoms with Crippen molar-refractivity contribution in [2.24, 2.45) is 0 Å². The summed E-state index contributed by atoms with van der Waals surface area (Å²) in [6.07, 6.45) is -13.1. The average Bonchev–Trinajstić information content (AvgIpc) is 3.09. The van der Waals surface area contributed by atoms with Gasteiger partial charge in [0.2, 0.25) is 0 Å². The SMILES string of the molecule is COc1ccc2c([C@@H]3O[C@H](COC(C)=O)[C@H](OC(C)=O)[C@H](OC(C)=O)[C@H]3OC(C)=O)c(OC)ccc2c1[C@H]1O[C@@H](C)[C@@H](OC(C)=O)[C@@H](OC(C)=O)[C@@H]1OC(C)=O. The summed E-state index contributed by atoms with van der Waals surface area (Å²) in [5.41, 5.74) is 0.518. The molecule has 2 fully saturated rings. The van der Waals surface area contributed by atoms with E-state index in [9.17, 15) is 33.6 Å². The summed E-state index contributed by atoms with van der Waals surface area (Å²) in [7, 11) is 2.77. The van der Waals surface area contributed by atoms with E-state index in [0.29, 0.717) is 10.8 Å². The maximum absolute atomic E-state index is 12.7. The van der Waals surface area contributed by atoms with Gasteiger partial charge in [0.1, 0.15) is 36.4 Å². The highest BCUT2D eigenvalue weighted by molar-refractivity contribution is 5.93. The van der Waals surface area contributed by atoms with E-state index >= 15 is 0 Å². The molecule has 2 saturated heterocycles. The Labute approximate surface area is 322 Å². The van der Waals surface area contributed by atoms with Crippen LogP contribution in [0.4, 0.5) is 0 Å². The van der Waals surface area contributed by atoms with Crippen molar-refractivity contribution in [2.75, 3.05) is 20.8 Å². The Morgan fingerprint density at radius 3 is 1.23 bits per heavy atom. The molecule has 4 rings (SSSR count). The van der Waals surface area contributed by atoms with Gasteiger partial charge in [0.15, 0.2) is 36.6 Å². The molecule has 18 heteroatoms. The van der Waals surface area contributed by atoms with Crippen molar-refractivity contribution in [1.82, 2.24) is 0 Å². The molecule has 2 aromatic carbocycles. The minimum Gasteiger partial charge on any atom is -0.496 e. The number of methoxy groups -OCH3 is 2. The van der Waals surface area contributed by atoms with Gasteiger partial charge in [0, 0.05) is 59.6 Å². The van der Waals surface area contributed by atoms with Crippen molar-refractivity contribution in [2.45, 2.75) is 116 Å². The third-order valence-corrected chi connectivity index (χ3v) is 8.88. The largest absolute Gasteiger partial charge is 0.496 e. The Kier molecular flexibility index (Phi) is 14.2. The molecule has 0 N–H and O–H groups in total. The lowest BCUT2D eigenvalue weighted by Gasteiger charge is -2.45. The number of hydrogen-bond donors (Lipinski definition) is 0. The van der Waals surface area contributed by atoms with Crippen LogP contribution in [0.1, 0.15) is 78.7 Å². The van der Waals surface area contributed by atoms with Crippen LogP contribution in [0.5, 0.6) is 11.5 Å². The van der Waals surface area contributed by atoms with Crippen molar-refractivity contribution in [1.29, 1.82) is 0 Å². The standard InChI is InChI=1S/C38H46O18/c1-16-31(50-18(3)40)35(52-20(5)42)37(54-22(7)44)33(49-16)29-24-11-14-27(47-10)30(25(24)12-13-26(29)46-9)34-38(55-23(8)45)36(53-21(6)43)32(51-19(4)41)28(56-34)15-48-17(2)39/h11-14,16,28,31-38H,15H2,1-10H3/t16-,28+,31+,32-,33+,34-,35+,36-,37+,38-/m0/s1. The summed E-state index contributed by atoms with van der Waals surface area (Å²) in [6, 6.07) is 6.43. The Morgan fingerprint density at radius 2 is 0.839 bits per heavy atom. The first-order chi connectivity index (χ1) is 26.4. The highest BCUT2D eigenvalue weighted by Gasteiger charge is 2.55. The second-order valence-electron chi connectivity index (χ2n) is 13.1. The fraction of sp³-hybridized carbons (Fsp3) is 0.553. The fourth-order valence-electron chi connectivity index (χ4n) is 7.06. The van der Waals surface area contributed by atoms with Gasteiger partial charge in [-0.3, -0.25) is 33.6 Å². The van der Waals surface area contributed by atoms with Crippen LogP contribution in [0.15, 0.2) is 24.3 Å². The van der Waals surface area contributed by atoms with Gasteiger partial charge in [0.25, 0.3) is 0 Å². The van der Waals surface area contributed by atoms with E-state index in [1.54, 1.807) is 31.2 Å². The molecule has 0 bridgehead atoms. The van der Waals surface area contributed by atoms with E-state index < -0.39 is 109 Å².